The molecule has 1 aliphatic carbocycles. The van der Waals surface area contributed by atoms with Crippen LogP contribution in [0.25, 0.3) is 11.3 Å². The van der Waals surface area contributed by atoms with Gasteiger partial charge in [-0.1, -0.05) is 24.3 Å². The minimum absolute atomic E-state index is 0.342. The van der Waals surface area contributed by atoms with E-state index in [0.29, 0.717) is 18.6 Å². The number of ether oxygens (including phenoxy) is 1. The summed E-state index contributed by atoms with van der Waals surface area (Å²) in [5.74, 6) is 2.53. The minimum Gasteiger partial charge on any atom is -0.383 e. The van der Waals surface area contributed by atoms with Crippen molar-refractivity contribution in [1.82, 2.24) is 9.55 Å². The summed E-state index contributed by atoms with van der Waals surface area (Å²) in [5, 5.41) is 0. The van der Waals surface area contributed by atoms with E-state index in [0.717, 1.165) is 28.5 Å². The van der Waals surface area contributed by atoms with Crippen LogP contribution in [-0.2, 0) is 11.3 Å². The van der Waals surface area contributed by atoms with Gasteiger partial charge in [-0.05, 0) is 32.3 Å². The number of hydrogen-bond acceptors (Lipinski definition) is 3. The van der Waals surface area contributed by atoms with Crippen LogP contribution in [0, 0.1) is 0 Å². The van der Waals surface area contributed by atoms with E-state index < -0.39 is 0 Å². The van der Waals surface area contributed by atoms with Gasteiger partial charge in [-0.3, -0.25) is 0 Å². The average Bonchev–Trinajstić information content (AvgIpc) is 3.24. The van der Waals surface area contributed by atoms with Gasteiger partial charge in [0.25, 0.3) is 0 Å². The summed E-state index contributed by atoms with van der Waals surface area (Å²) >= 11 is 0. The molecule has 112 valence electrons. The Balaban J connectivity index is 1.99. The van der Waals surface area contributed by atoms with Crippen molar-refractivity contribution in [2.45, 2.75) is 45.3 Å². The van der Waals surface area contributed by atoms with Crippen LogP contribution in [0.2, 0.25) is 0 Å². The van der Waals surface area contributed by atoms with E-state index in [-0.39, 0.29) is 0 Å². The molecule has 1 saturated carbocycles. The molecule has 3 rings (SSSR count). The van der Waals surface area contributed by atoms with Crippen molar-refractivity contribution in [2.24, 2.45) is 0 Å². The van der Waals surface area contributed by atoms with Crippen molar-refractivity contribution >= 4 is 5.82 Å². The highest BCUT2D eigenvalue weighted by atomic mass is 16.5. The molecule has 0 amide bonds. The summed E-state index contributed by atoms with van der Waals surface area (Å²) in [7, 11) is 1.71. The first kappa shape index (κ1) is 14.1. The summed E-state index contributed by atoms with van der Waals surface area (Å²) in [6.45, 7) is 4.95. The number of nitrogen functional groups attached to an aromatic ring is 1. The first-order valence-electron chi connectivity index (χ1n) is 7.57. The largest absolute Gasteiger partial charge is 0.383 e. The van der Waals surface area contributed by atoms with Gasteiger partial charge in [-0.2, -0.15) is 0 Å². The molecule has 1 heterocycles. The summed E-state index contributed by atoms with van der Waals surface area (Å²) in [4.78, 5) is 4.85. The Labute approximate surface area is 125 Å². The lowest BCUT2D eigenvalue weighted by Gasteiger charge is -2.13. The molecule has 0 unspecified atom stereocenters. The van der Waals surface area contributed by atoms with E-state index >= 15 is 0 Å². The Morgan fingerprint density at radius 3 is 2.48 bits per heavy atom. The smallest absolute Gasteiger partial charge is 0.131 e. The molecular weight excluding hydrogens is 262 g/mol. The zero-order valence-corrected chi connectivity index (χ0v) is 13.0. The molecule has 0 radical (unpaired) electrons. The summed E-state index contributed by atoms with van der Waals surface area (Å²) in [6.07, 6.45) is 2.46. The molecule has 0 aliphatic heterocycles. The zero-order chi connectivity index (χ0) is 15.0. The molecule has 1 aromatic carbocycles. The lowest BCUT2D eigenvalue weighted by atomic mass is 10.1. The number of nitrogens with two attached hydrogens (primary N) is 1. The Kier molecular flexibility index (Phi) is 3.72. The SMILES string of the molecule is COCc1ccc(-c2nc(C3CC3)n(C(C)C)c2N)cc1. The van der Waals surface area contributed by atoms with Gasteiger partial charge in [-0.15, -0.1) is 0 Å². The molecule has 2 aromatic rings. The molecule has 1 aliphatic rings. The fourth-order valence-electron chi connectivity index (χ4n) is 2.77. The second kappa shape index (κ2) is 5.53. The number of anilines is 1. The maximum Gasteiger partial charge on any atom is 0.131 e. The van der Waals surface area contributed by atoms with Crippen LogP contribution in [0.5, 0.6) is 0 Å². The zero-order valence-electron chi connectivity index (χ0n) is 13.0. The number of benzene rings is 1. The van der Waals surface area contributed by atoms with Crippen LogP contribution in [0.1, 0.15) is 50.0 Å². The molecule has 0 bridgehead atoms. The minimum atomic E-state index is 0.342. The second-order valence-electron chi connectivity index (χ2n) is 6.07. The number of nitrogens with zero attached hydrogens (tertiary/aromatic N) is 2. The van der Waals surface area contributed by atoms with Crippen LogP contribution in [0.15, 0.2) is 24.3 Å². The van der Waals surface area contributed by atoms with Gasteiger partial charge in [0.05, 0.1) is 6.61 Å². The maximum absolute atomic E-state index is 6.38. The fraction of sp³-hybridized carbons (Fsp3) is 0.471. The highest BCUT2D eigenvalue weighted by Gasteiger charge is 2.31. The van der Waals surface area contributed by atoms with Crippen molar-refractivity contribution in [2.75, 3.05) is 12.8 Å². The monoisotopic (exact) mass is 285 g/mol. The summed E-state index contributed by atoms with van der Waals surface area (Å²) in [5.41, 5.74) is 9.52. The van der Waals surface area contributed by atoms with E-state index in [1.165, 1.54) is 12.8 Å². The van der Waals surface area contributed by atoms with Crippen LogP contribution in [0.4, 0.5) is 5.82 Å². The lowest BCUT2D eigenvalue weighted by molar-refractivity contribution is 0.185. The maximum atomic E-state index is 6.38. The van der Waals surface area contributed by atoms with E-state index in [9.17, 15) is 0 Å². The first-order valence-corrected chi connectivity index (χ1v) is 7.57. The van der Waals surface area contributed by atoms with Crippen molar-refractivity contribution in [1.29, 1.82) is 0 Å². The van der Waals surface area contributed by atoms with E-state index in [4.69, 9.17) is 15.5 Å². The van der Waals surface area contributed by atoms with Gasteiger partial charge in [0.2, 0.25) is 0 Å². The fourth-order valence-corrected chi connectivity index (χ4v) is 2.77. The van der Waals surface area contributed by atoms with Crippen molar-refractivity contribution < 1.29 is 4.74 Å². The Bertz CT molecular complexity index is 624. The highest BCUT2D eigenvalue weighted by molar-refractivity contribution is 5.71. The number of hydrogen-bond donors (Lipinski definition) is 1. The van der Waals surface area contributed by atoms with Gasteiger partial charge in [0.1, 0.15) is 17.3 Å². The van der Waals surface area contributed by atoms with Gasteiger partial charge in [0, 0.05) is 24.6 Å². The third-order valence-electron chi connectivity index (χ3n) is 3.97. The number of rotatable bonds is 5. The average molecular weight is 285 g/mol. The standard InChI is InChI=1S/C17H23N3O/c1-11(2)20-16(18)15(19-17(20)14-8-9-14)13-6-4-12(5-7-13)10-21-3/h4-7,11,14H,8-10,18H2,1-3H3. The molecule has 4 nitrogen and oxygen atoms in total. The quantitative estimate of drug-likeness (QED) is 0.910. The van der Waals surface area contributed by atoms with Gasteiger partial charge in [0.15, 0.2) is 0 Å². The van der Waals surface area contributed by atoms with Crippen LogP contribution in [0.3, 0.4) is 0 Å². The molecule has 0 atom stereocenters. The van der Waals surface area contributed by atoms with Gasteiger partial charge >= 0.3 is 0 Å². The van der Waals surface area contributed by atoms with E-state index in [1.807, 2.05) is 0 Å². The van der Waals surface area contributed by atoms with Gasteiger partial charge in [-0.25, -0.2) is 4.98 Å². The van der Waals surface area contributed by atoms with Crippen molar-refractivity contribution in [3.63, 3.8) is 0 Å². The molecule has 1 fully saturated rings. The number of imidazole rings is 1. The number of methoxy groups -OCH3 is 1. The lowest BCUT2D eigenvalue weighted by Crippen LogP contribution is -2.08. The third-order valence-corrected chi connectivity index (χ3v) is 3.97. The summed E-state index contributed by atoms with van der Waals surface area (Å²) < 4.78 is 7.34. The van der Waals surface area contributed by atoms with E-state index in [1.54, 1.807) is 7.11 Å². The molecule has 4 heteroatoms. The van der Waals surface area contributed by atoms with Crippen molar-refractivity contribution in [3.05, 3.63) is 35.7 Å². The Morgan fingerprint density at radius 1 is 1.29 bits per heavy atom. The van der Waals surface area contributed by atoms with Crippen molar-refractivity contribution in [3.8, 4) is 11.3 Å². The molecular formula is C17H23N3O. The molecule has 2 N–H and O–H groups in total. The Hall–Kier alpha value is -1.81. The molecule has 1 aromatic heterocycles. The predicted molar refractivity (Wildman–Crippen MR) is 85.1 cm³/mol. The van der Waals surface area contributed by atoms with Crippen LogP contribution < -0.4 is 5.73 Å². The van der Waals surface area contributed by atoms with E-state index in [2.05, 4.69) is 42.7 Å². The van der Waals surface area contributed by atoms with Crippen LogP contribution in [-0.4, -0.2) is 16.7 Å². The predicted octanol–water partition coefficient (Wildman–Crippen LogP) is 3.74. The molecule has 21 heavy (non-hydrogen) atoms. The Morgan fingerprint density at radius 2 is 1.95 bits per heavy atom. The first-order chi connectivity index (χ1) is 10.1. The molecule has 0 spiro atoms. The topological polar surface area (TPSA) is 53.1 Å². The van der Waals surface area contributed by atoms with Gasteiger partial charge < -0.3 is 15.0 Å². The molecule has 0 saturated heterocycles. The van der Waals surface area contributed by atoms with Crippen LogP contribution >= 0.6 is 0 Å². The second-order valence-corrected chi connectivity index (χ2v) is 6.07. The summed E-state index contributed by atoms with van der Waals surface area (Å²) in [6, 6.07) is 8.64. The normalized spacial score (nSPS) is 14.9. The third kappa shape index (κ3) is 2.68. The highest BCUT2D eigenvalue weighted by Crippen LogP contribution is 2.43. The number of aromatic nitrogens is 2.